The Balaban J connectivity index is 1.59. The van der Waals surface area contributed by atoms with Crippen LogP contribution in [0.5, 0.6) is 0 Å². The van der Waals surface area contributed by atoms with Crippen LogP contribution in [0.25, 0.3) is 0 Å². The van der Waals surface area contributed by atoms with Gasteiger partial charge in [-0.2, -0.15) is 0 Å². The molecule has 2 aromatic rings. The summed E-state index contributed by atoms with van der Waals surface area (Å²) in [5.74, 6) is 0.808. The van der Waals surface area contributed by atoms with Crippen LogP contribution in [0.3, 0.4) is 0 Å². The van der Waals surface area contributed by atoms with Crippen molar-refractivity contribution in [2.45, 2.75) is 63.4 Å². The molecule has 144 valence electrons. The number of fused-ring (bicyclic) bond motifs is 2. The zero-order valence-corrected chi connectivity index (χ0v) is 16.6. The van der Waals surface area contributed by atoms with Crippen molar-refractivity contribution in [1.29, 1.82) is 0 Å². The molecule has 0 unspecified atom stereocenters. The van der Waals surface area contributed by atoms with Crippen molar-refractivity contribution in [1.82, 2.24) is 14.3 Å². The summed E-state index contributed by atoms with van der Waals surface area (Å²) in [5.41, 5.74) is 2.55. The number of imidazole rings is 1. The summed E-state index contributed by atoms with van der Waals surface area (Å²) in [6.07, 6.45) is 3.16. The Labute approximate surface area is 159 Å². The van der Waals surface area contributed by atoms with Crippen molar-refractivity contribution in [2.75, 3.05) is 5.32 Å². The molecule has 0 saturated carbocycles. The van der Waals surface area contributed by atoms with Crippen LogP contribution in [-0.2, 0) is 39.7 Å². The maximum Gasteiger partial charge on any atom is 0.240 e. The largest absolute Gasteiger partial charge is 0.332 e. The van der Waals surface area contributed by atoms with Crippen LogP contribution in [0.4, 0.5) is 5.69 Å². The van der Waals surface area contributed by atoms with Gasteiger partial charge in [0.05, 0.1) is 22.5 Å². The summed E-state index contributed by atoms with van der Waals surface area (Å²) >= 11 is 0. The maximum atomic E-state index is 12.8. The van der Waals surface area contributed by atoms with Gasteiger partial charge in [0.25, 0.3) is 0 Å². The van der Waals surface area contributed by atoms with Gasteiger partial charge in [-0.15, -0.1) is 0 Å². The normalized spacial score (nSPS) is 18.1. The molecule has 8 heteroatoms. The fourth-order valence-corrected chi connectivity index (χ4v) is 4.93. The van der Waals surface area contributed by atoms with Crippen molar-refractivity contribution in [2.24, 2.45) is 0 Å². The van der Waals surface area contributed by atoms with Crippen molar-refractivity contribution in [3.63, 3.8) is 0 Å². The molecule has 0 radical (unpaired) electrons. The third-order valence-electron chi connectivity index (χ3n) is 5.61. The highest BCUT2D eigenvalue weighted by molar-refractivity contribution is 7.89. The molecule has 0 bridgehead atoms. The highest BCUT2D eigenvalue weighted by atomic mass is 32.2. The third-order valence-corrected chi connectivity index (χ3v) is 7.01. The second-order valence-electron chi connectivity index (χ2n) is 7.77. The lowest BCUT2D eigenvalue weighted by molar-refractivity contribution is -0.119. The third kappa shape index (κ3) is 2.96. The van der Waals surface area contributed by atoms with Gasteiger partial charge in [-0.3, -0.25) is 4.79 Å². The molecule has 0 aliphatic carbocycles. The monoisotopic (exact) mass is 388 g/mol. The number of aromatic nitrogens is 2. The van der Waals surface area contributed by atoms with E-state index in [-0.39, 0.29) is 17.3 Å². The molecule has 1 aromatic heterocycles. The van der Waals surface area contributed by atoms with E-state index in [1.807, 2.05) is 6.92 Å². The van der Waals surface area contributed by atoms with E-state index in [4.69, 9.17) is 0 Å². The average molecular weight is 388 g/mol. The number of carbonyl (C=O) groups excluding carboxylic acids is 1. The SMILES string of the molecule is Cc1nc(CNS(=O)(=O)c2ccc3c(c2)C(C)(C)C(=O)N3)c2n1CCCC2. The minimum atomic E-state index is -3.70. The van der Waals surface area contributed by atoms with Crippen LogP contribution in [0, 0.1) is 6.92 Å². The lowest BCUT2D eigenvalue weighted by atomic mass is 9.86. The van der Waals surface area contributed by atoms with E-state index in [2.05, 4.69) is 19.6 Å². The molecule has 2 N–H and O–H groups in total. The van der Waals surface area contributed by atoms with Crippen LogP contribution in [0.15, 0.2) is 23.1 Å². The first-order valence-electron chi connectivity index (χ1n) is 9.21. The maximum absolute atomic E-state index is 12.8. The molecule has 7 nitrogen and oxygen atoms in total. The lowest BCUT2D eigenvalue weighted by Crippen LogP contribution is -2.27. The number of anilines is 1. The van der Waals surface area contributed by atoms with Gasteiger partial charge in [0, 0.05) is 17.9 Å². The number of aryl methyl sites for hydroxylation is 1. The highest BCUT2D eigenvalue weighted by Crippen LogP contribution is 2.38. The minimum absolute atomic E-state index is 0.125. The van der Waals surface area contributed by atoms with Gasteiger partial charge in [0.2, 0.25) is 15.9 Å². The second kappa shape index (κ2) is 6.17. The number of amides is 1. The van der Waals surface area contributed by atoms with Gasteiger partial charge in [0.15, 0.2) is 0 Å². The van der Waals surface area contributed by atoms with Crippen molar-refractivity contribution >= 4 is 21.6 Å². The molecule has 1 amide bonds. The van der Waals surface area contributed by atoms with E-state index in [0.29, 0.717) is 11.3 Å². The molecule has 3 heterocycles. The summed E-state index contributed by atoms with van der Waals surface area (Å²) in [7, 11) is -3.70. The summed E-state index contributed by atoms with van der Waals surface area (Å²) in [4.78, 5) is 16.8. The smallest absolute Gasteiger partial charge is 0.240 e. The van der Waals surface area contributed by atoms with Gasteiger partial charge in [-0.25, -0.2) is 18.1 Å². The summed E-state index contributed by atoms with van der Waals surface area (Å²) in [5, 5.41) is 2.79. The summed E-state index contributed by atoms with van der Waals surface area (Å²) in [6.45, 7) is 6.65. The lowest BCUT2D eigenvalue weighted by Gasteiger charge is -2.17. The fraction of sp³-hybridized carbons (Fsp3) is 0.474. The van der Waals surface area contributed by atoms with Crippen LogP contribution >= 0.6 is 0 Å². The predicted octanol–water partition coefficient (Wildman–Crippen LogP) is 2.24. The van der Waals surface area contributed by atoms with Crippen LogP contribution in [0.2, 0.25) is 0 Å². The quantitative estimate of drug-likeness (QED) is 0.840. The molecule has 4 rings (SSSR count). The predicted molar refractivity (Wildman–Crippen MR) is 102 cm³/mol. The Morgan fingerprint density at radius 1 is 1.30 bits per heavy atom. The number of benzene rings is 1. The Bertz CT molecular complexity index is 1040. The molecule has 0 saturated heterocycles. The minimum Gasteiger partial charge on any atom is -0.332 e. The molecular weight excluding hydrogens is 364 g/mol. The van der Waals surface area contributed by atoms with Gasteiger partial charge in [0.1, 0.15) is 5.82 Å². The van der Waals surface area contributed by atoms with E-state index in [1.165, 1.54) is 6.07 Å². The Hall–Kier alpha value is -2.19. The van der Waals surface area contributed by atoms with E-state index in [0.717, 1.165) is 43.0 Å². The standard InChI is InChI=1S/C19H24N4O3S/c1-12-21-16(17-6-4-5-9-23(12)17)11-20-27(25,26)13-7-8-15-14(10-13)19(2,3)18(24)22-15/h7-8,10,20H,4-6,9,11H2,1-3H3,(H,22,24). The Morgan fingerprint density at radius 3 is 2.85 bits per heavy atom. The summed E-state index contributed by atoms with van der Waals surface area (Å²) < 4.78 is 30.5. The molecular formula is C19H24N4O3S. The van der Waals surface area contributed by atoms with E-state index < -0.39 is 15.4 Å². The van der Waals surface area contributed by atoms with E-state index in [9.17, 15) is 13.2 Å². The molecule has 0 atom stereocenters. The Kier molecular flexibility index (Phi) is 4.16. The van der Waals surface area contributed by atoms with Crippen molar-refractivity contribution in [3.8, 4) is 0 Å². The molecule has 1 aromatic carbocycles. The molecule has 0 fully saturated rings. The van der Waals surface area contributed by atoms with Gasteiger partial charge >= 0.3 is 0 Å². The van der Waals surface area contributed by atoms with Crippen LogP contribution in [0.1, 0.15) is 49.5 Å². The van der Waals surface area contributed by atoms with Crippen LogP contribution in [-0.4, -0.2) is 23.9 Å². The fourth-order valence-electron chi connectivity index (χ4n) is 3.92. The zero-order valence-electron chi connectivity index (χ0n) is 15.8. The number of carbonyl (C=O) groups is 1. The Morgan fingerprint density at radius 2 is 2.07 bits per heavy atom. The number of nitrogens with zero attached hydrogens (tertiary/aromatic N) is 2. The van der Waals surface area contributed by atoms with Gasteiger partial charge in [-0.05, 0) is 63.8 Å². The molecule has 2 aliphatic rings. The molecule has 0 spiro atoms. The van der Waals surface area contributed by atoms with Crippen molar-refractivity contribution < 1.29 is 13.2 Å². The number of sulfonamides is 1. The first-order valence-corrected chi connectivity index (χ1v) is 10.7. The van der Waals surface area contributed by atoms with Crippen molar-refractivity contribution in [3.05, 3.63) is 41.0 Å². The van der Waals surface area contributed by atoms with Gasteiger partial charge < -0.3 is 9.88 Å². The highest BCUT2D eigenvalue weighted by Gasteiger charge is 2.39. The number of hydrogen-bond acceptors (Lipinski definition) is 4. The first-order chi connectivity index (χ1) is 12.7. The number of nitrogens with one attached hydrogen (secondary N) is 2. The topological polar surface area (TPSA) is 93.1 Å². The number of rotatable bonds is 4. The molecule has 2 aliphatic heterocycles. The van der Waals surface area contributed by atoms with Gasteiger partial charge in [-0.1, -0.05) is 0 Å². The zero-order chi connectivity index (χ0) is 19.4. The average Bonchev–Trinajstić information content (AvgIpc) is 3.07. The van der Waals surface area contributed by atoms with E-state index >= 15 is 0 Å². The van der Waals surface area contributed by atoms with Crippen LogP contribution < -0.4 is 10.0 Å². The summed E-state index contributed by atoms with van der Waals surface area (Å²) in [6, 6.07) is 4.76. The molecule has 27 heavy (non-hydrogen) atoms. The van der Waals surface area contributed by atoms with E-state index in [1.54, 1.807) is 26.0 Å². The second-order valence-corrected chi connectivity index (χ2v) is 9.54. The number of hydrogen-bond donors (Lipinski definition) is 2. The first kappa shape index (κ1) is 18.2.